The van der Waals surface area contributed by atoms with Crippen LogP contribution >= 0.6 is 0 Å². The molecule has 0 aliphatic heterocycles. The second-order valence-electron chi connectivity index (χ2n) is 4.09. The summed E-state index contributed by atoms with van der Waals surface area (Å²) in [7, 11) is 4.18. The largest absolute Gasteiger partial charge is 0.309 e. The van der Waals surface area contributed by atoms with Crippen LogP contribution in [0.15, 0.2) is 0 Å². The van der Waals surface area contributed by atoms with Gasteiger partial charge in [0, 0.05) is 12.8 Å². The van der Waals surface area contributed by atoms with Gasteiger partial charge in [0.15, 0.2) is 0 Å². The summed E-state index contributed by atoms with van der Waals surface area (Å²) in [5.74, 6) is 1.15. The van der Waals surface area contributed by atoms with Gasteiger partial charge in [-0.1, -0.05) is 0 Å². The highest BCUT2D eigenvalue weighted by Crippen LogP contribution is 2.23. The fourth-order valence-corrected chi connectivity index (χ4v) is 1.80. The third kappa shape index (κ3) is 3.35. The van der Waals surface area contributed by atoms with Crippen LogP contribution in [0.4, 0.5) is 0 Å². The second kappa shape index (κ2) is 4.61. The van der Waals surface area contributed by atoms with Crippen LogP contribution in [0.1, 0.15) is 32.1 Å². The first-order valence-corrected chi connectivity index (χ1v) is 4.85. The molecule has 1 fully saturated rings. The first kappa shape index (κ1) is 9.72. The van der Waals surface area contributed by atoms with Crippen molar-refractivity contribution >= 4 is 5.78 Å². The van der Waals surface area contributed by atoms with Crippen LogP contribution in [0, 0.1) is 5.92 Å². The van der Waals surface area contributed by atoms with Crippen molar-refractivity contribution < 1.29 is 4.79 Å². The lowest BCUT2D eigenvalue weighted by atomic mass is 9.86. The van der Waals surface area contributed by atoms with E-state index < -0.39 is 0 Å². The highest BCUT2D eigenvalue weighted by molar-refractivity contribution is 5.79. The number of hydrogen-bond acceptors (Lipinski definition) is 2. The van der Waals surface area contributed by atoms with Crippen LogP contribution in [0.2, 0.25) is 0 Å². The van der Waals surface area contributed by atoms with E-state index in [1.807, 2.05) is 0 Å². The SMILES string of the molecule is CN(C)CCC1CCCC(=O)C1. The number of carbonyl (C=O) groups excluding carboxylic acids is 1. The molecule has 0 spiro atoms. The summed E-state index contributed by atoms with van der Waals surface area (Å²) in [4.78, 5) is 13.3. The molecule has 0 bridgehead atoms. The molecule has 0 heterocycles. The third-order valence-corrected chi connectivity index (χ3v) is 2.57. The molecule has 70 valence electrons. The van der Waals surface area contributed by atoms with Gasteiger partial charge in [-0.3, -0.25) is 4.79 Å². The molecule has 0 aromatic carbocycles. The summed E-state index contributed by atoms with van der Waals surface area (Å²) in [6, 6.07) is 0. The zero-order valence-electron chi connectivity index (χ0n) is 8.18. The van der Waals surface area contributed by atoms with E-state index in [0.29, 0.717) is 11.7 Å². The van der Waals surface area contributed by atoms with Crippen LogP contribution in [0.3, 0.4) is 0 Å². The van der Waals surface area contributed by atoms with E-state index >= 15 is 0 Å². The maximum atomic E-state index is 11.1. The lowest BCUT2D eigenvalue weighted by Gasteiger charge is -2.22. The Bertz CT molecular complexity index is 154. The van der Waals surface area contributed by atoms with Crippen LogP contribution < -0.4 is 0 Å². The Balaban J connectivity index is 2.18. The summed E-state index contributed by atoms with van der Waals surface area (Å²) >= 11 is 0. The van der Waals surface area contributed by atoms with Crippen molar-refractivity contribution in [3.05, 3.63) is 0 Å². The number of Topliss-reactive ketones (excluding diaryl/α,β-unsaturated/α-hetero) is 1. The van der Waals surface area contributed by atoms with Gasteiger partial charge in [0.05, 0.1) is 0 Å². The topological polar surface area (TPSA) is 20.3 Å². The molecule has 0 amide bonds. The Labute approximate surface area is 74.9 Å². The van der Waals surface area contributed by atoms with E-state index in [4.69, 9.17) is 0 Å². The minimum Gasteiger partial charge on any atom is -0.309 e. The molecule has 1 atom stereocenters. The quantitative estimate of drug-likeness (QED) is 0.641. The Morgan fingerprint density at radius 1 is 1.50 bits per heavy atom. The number of rotatable bonds is 3. The third-order valence-electron chi connectivity index (χ3n) is 2.57. The van der Waals surface area contributed by atoms with Gasteiger partial charge >= 0.3 is 0 Å². The fraction of sp³-hybridized carbons (Fsp3) is 0.900. The van der Waals surface area contributed by atoms with Gasteiger partial charge < -0.3 is 4.90 Å². The molecule has 1 aliphatic rings. The molecule has 1 unspecified atom stereocenters. The van der Waals surface area contributed by atoms with Crippen LogP contribution in [-0.4, -0.2) is 31.3 Å². The fourth-order valence-electron chi connectivity index (χ4n) is 1.80. The number of carbonyl (C=O) groups is 1. The Morgan fingerprint density at radius 2 is 2.25 bits per heavy atom. The van der Waals surface area contributed by atoms with Gasteiger partial charge in [0.1, 0.15) is 5.78 Å². The molecular weight excluding hydrogens is 150 g/mol. The van der Waals surface area contributed by atoms with E-state index in [0.717, 1.165) is 25.8 Å². The van der Waals surface area contributed by atoms with Crippen LogP contribution in [0.5, 0.6) is 0 Å². The lowest BCUT2D eigenvalue weighted by Crippen LogP contribution is -2.21. The summed E-state index contributed by atoms with van der Waals surface area (Å²) in [5.41, 5.74) is 0. The average molecular weight is 169 g/mol. The molecule has 2 nitrogen and oxygen atoms in total. The lowest BCUT2D eigenvalue weighted by molar-refractivity contribution is -0.121. The predicted molar refractivity (Wildman–Crippen MR) is 50.1 cm³/mol. The van der Waals surface area contributed by atoms with Crippen molar-refractivity contribution in [1.82, 2.24) is 4.90 Å². The molecule has 1 aliphatic carbocycles. The van der Waals surface area contributed by atoms with Gasteiger partial charge in [-0.05, 0) is 45.8 Å². The second-order valence-corrected chi connectivity index (χ2v) is 4.09. The molecule has 0 aromatic heterocycles. The molecule has 0 N–H and O–H groups in total. The molecule has 1 rings (SSSR count). The van der Waals surface area contributed by atoms with Gasteiger partial charge in [-0.25, -0.2) is 0 Å². The van der Waals surface area contributed by atoms with E-state index in [9.17, 15) is 4.79 Å². The summed E-state index contributed by atoms with van der Waals surface area (Å²) in [6.45, 7) is 1.12. The Morgan fingerprint density at radius 3 is 2.83 bits per heavy atom. The summed E-state index contributed by atoms with van der Waals surface area (Å²) < 4.78 is 0. The first-order chi connectivity index (χ1) is 5.68. The van der Waals surface area contributed by atoms with Crippen LogP contribution in [-0.2, 0) is 4.79 Å². The van der Waals surface area contributed by atoms with Crippen molar-refractivity contribution in [3.63, 3.8) is 0 Å². The molecular formula is C10H19NO. The smallest absolute Gasteiger partial charge is 0.133 e. The molecule has 12 heavy (non-hydrogen) atoms. The van der Waals surface area contributed by atoms with Crippen molar-refractivity contribution in [1.29, 1.82) is 0 Å². The Hall–Kier alpha value is -0.370. The van der Waals surface area contributed by atoms with Gasteiger partial charge in [0.25, 0.3) is 0 Å². The Kier molecular flexibility index (Phi) is 3.73. The molecule has 1 saturated carbocycles. The van der Waals surface area contributed by atoms with E-state index in [1.165, 1.54) is 12.8 Å². The zero-order valence-corrected chi connectivity index (χ0v) is 8.18. The van der Waals surface area contributed by atoms with E-state index in [-0.39, 0.29) is 0 Å². The van der Waals surface area contributed by atoms with Gasteiger partial charge in [-0.15, -0.1) is 0 Å². The van der Waals surface area contributed by atoms with Gasteiger partial charge in [0.2, 0.25) is 0 Å². The van der Waals surface area contributed by atoms with Crippen LogP contribution in [0.25, 0.3) is 0 Å². The minimum atomic E-state index is 0.477. The standard InChI is InChI=1S/C10H19NO/c1-11(2)7-6-9-4-3-5-10(12)8-9/h9H,3-8H2,1-2H3. The first-order valence-electron chi connectivity index (χ1n) is 4.85. The number of nitrogens with zero attached hydrogens (tertiary/aromatic N) is 1. The summed E-state index contributed by atoms with van der Waals surface area (Å²) in [6.07, 6.45) is 5.25. The number of hydrogen-bond donors (Lipinski definition) is 0. The predicted octanol–water partition coefficient (Wildman–Crippen LogP) is 1.70. The normalized spacial score (nSPS) is 24.9. The van der Waals surface area contributed by atoms with Gasteiger partial charge in [-0.2, -0.15) is 0 Å². The maximum absolute atomic E-state index is 11.1. The summed E-state index contributed by atoms with van der Waals surface area (Å²) in [5, 5.41) is 0. The molecule has 2 heteroatoms. The van der Waals surface area contributed by atoms with Crippen molar-refractivity contribution in [2.75, 3.05) is 20.6 Å². The molecule has 0 aromatic rings. The zero-order chi connectivity index (χ0) is 8.97. The number of ketones is 1. The van der Waals surface area contributed by atoms with E-state index in [2.05, 4.69) is 19.0 Å². The van der Waals surface area contributed by atoms with E-state index in [1.54, 1.807) is 0 Å². The maximum Gasteiger partial charge on any atom is 0.133 e. The monoisotopic (exact) mass is 169 g/mol. The van der Waals surface area contributed by atoms with Crippen molar-refractivity contribution in [3.8, 4) is 0 Å². The average Bonchev–Trinajstić information content (AvgIpc) is 2.01. The minimum absolute atomic E-state index is 0.477. The van der Waals surface area contributed by atoms with Crippen molar-refractivity contribution in [2.45, 2.75) is 32.1 Å². The highest BCUT2D eigenvalue weighted by Gasteiger charge is 2.18. The molecule has 0 radical (unpaired) electrons. The highest BCUT2D eigenvalue weighted by atomic mass is 16.1. The molecule has 0 saturated heterocycles. The van der Waals surface area contributed by atoms with Crippen molar-refractivity contribution in [2.24, 2.45) is 5.92 Å².